The maximum atomic E-state index is 13.5. The Balaban J connectivity index is 1.69. The van der Waals surface area contributed by atoms with Gasteiger partial charge < -0.3 is 9.47 Å². The second-order valence-electron chi connectivity index (χ2n) is 8.13. The van der Waals surface area contributed by atoms with E-state index < -0.39 is 0 Å². The van der Waals surface area contributed by atoms with E-state index in [-0.39, 0.29) is 18.0 Å². The van der Waals surface area contributed by atoms with Crippen molar-refractivity contribution in [2.24, 2.45) is 7.05 Å². The van der Waals surface area contributed by atoms with Crippen LogP contribution in [0.4, 0.5) is 0 Å². The number of rotatable bonds is 3. The van der Waals surface area contributed by atoms with Crippen LogP contribution in [0.2, 0.25) is 0 Å². The predicted octanol–water partition coefficient (Wildman–Crippen LogP) is 5.69. The summed E-state index contributed by atoms with van der Waals surface area (Å²) in [4.78, 5) is 15.7. The molecule has 2 aliphatic rings. The fourth-order valence-corrected chi connectivity index (χ4v) is 5.14. The van der Waals surface area contributed by atoms with E-state index >= 15 is 0 Å². The number of benzene rings is 2. The average molecular weight is 370 g/mol. The second-order valence-corrected chi connectivity index (χ2v) is 8.13. The van der Waals surface area contributed by atoms with E-state index in [1.54, 1.807) is 0 Å². The standard InChI is InChI=1S/C25H26N2O/c1-17(18-10-4-3-5-11-18)27-24(20-13-6-7-14-21(20)25(27)28)22-16-26(2)23-15-9-8-12-19(22)23/h3-5,8-12,15-17,24H,6-7,13-14H2,1-2H3/t17-,24+/m0/s1. The van der Waals surface area contributed by atoms with Gasteiger partial charge in [0.1, 0.15) is 0 Å². The highest BCUT2D eigenvalue weighted by Crippen LogP contribution is 2.49. The predicted molar refractivity (Wildman–Crippen MR) is 113 cm³/mol. The van der Waals surface area contributed by atoms with Crippen molar-refractivity contribution in [2.45, 2.75) is 44.7 Å². The Hall–Kier alpha value is -2.81. The highest BCUT2D eigenvalue weighted by Gasteiger charge is 2.43. The summed E-state index contributed by atoms with van der Waals surface area (Å²) in [6, 6.07) is 19.1. The summed E-state index contributed by atoms with van der Waals surface area (Å²) in [5.41, 5.74) is 6.12. The van der Waals surface area contributed by atoms with Crippen LogP contribution in [0, 0.1) is 0 Å². The van der Waals surface area contributed by atoms with Gasteiger partial charge in [-0.15, -0.1) is 0 Å². The quantitative estimate of drug-likeness (QED) is 0.581. The monoisotopic (exact) mass is 370 g/mol. The third-order valence-electron chi connectivity index (χ3n) is 6.53. The molecule has 0 unspecified atom stereocenters. The van der Waals surface area contributed by atoms with E-state index in [0.29, 0.717) is 0 Å². The van der Waals surface area contributed by atoms with Crippen LogP contribution >= 0.6 is 0 Å². The van der Waals surface area contributed by atoms with Crippen LogP contribution in [0.1, 0.15) is 55.8 Å². The number of hydrogen-bond donors (Lipinski definition) is 0. The third-order valence-corrected chi connectivity index (χ3v) is 6.53. The van der Waals surface area contributed by atoms with Gasteiger partial charge in [-0.1, -0.05) is 48.5 Å². The molecule has 2 heterocycles. The van der Waals surface area contributed by atoms with Gasteiger partial charge in [-0.2, -0.15) is 0 Å². The maximum Gasteiger partial charge on any atom is 0.251 e. The molecular weight excluding hydrogens is 344 g/mol. The van der Waals surface area contributed by atoms with Gasteiger partial charge in [0.25, 0.3) is 5.91 Å². The van der Waals surface area contributed by atoms with Crippen molar-refractivity contribution in [3.63, 3.8) is 0 Å². The molecule has 3 aromatic rings. The summed E-state index contributed by atoms with van der Waals surface area (Å²) in [6.07, 6.45) is 6.50. The molecule has 0 spiro atoms. The van der Waals surface area contributed by atoms with Crippen molar-refractivity contribution in [1.29, 1.82) is 0 Å². The highest BCUT2D eigenvalue weighted by atomic mass is 16.2. The molecule has 2 aromatic carbocycles. The molecule has 5 rings (SSSR count). The molecule has 1 amide bonds. The third kappa shape index (κ3) is 2.53. The molecule has 3 heteroatoms. The number of carbonyl (C=O) groups is 1. The number of nitrogens with zero attached hydrogens (tertiary/aromatic N) is 2. The zero-order chi connectivity index (χ0) is 19.3. The fraction of sp³-hybridized carbons (Fsp3) is 0.320. The van der Waals surface area contributed by atoms with E-state index in [1.807, 2.05) is 6.07 Å². The largest absolute Gasteiger partial charge is 0.350 e. The molecule has 0 N–H and O–H groups in total. The maximum absolute atomic E-state index is 13.5. The first-order valence-electron chi connectivity index (χ1n) is 10.3. The van der Waals surface area contributed by atoms with Gasteiger partial charge >= 0.3 is 0 Å². The number of aryl methyl sites for hydroxylation is 1. The molecule has 0 saturated carbocycles. The minimum atomic E-state index is 0.0447. The van der Waals surface area contributed by atoms with Crippen LogP contribution < -0.4 is 0 Å². The summed E-state index contributed by atoms with van der Waals surface area (Å²) in [5.74, 6) is 0.240. The molecule has 0 radical (unpaired) electrons. The van der Waals surface area contributed by atoms with Crippen LogP contribution in [0.3, 0.4) is 0 Å². The lowest BCUT2D eigenvalue weighted by Gasteiger charge is -2.33. The minimum absolute atomic E-state index is 0.0447. The number of hydrogen-bond acceptors (Lipinski definition) is 1. The zero-order valence-electron chi connectivity index (χ0n) is 16.6. The summed E-state index contributed by atoms with van der Waals surface area (Å²) >= 11 is 0. The first-order valence-corrected chi connectivity index (χ1v) is 10.3. The first-order chi connectivity index (χ1) is 13.7. The Labute approximate surface area is 166 Å². The van der Waals surface area contributed by atoms with Crippen molar-refractivity contribution in [2.75, 3.05) is 0 Å². The molecule has 1 aliphatic carbocycles. The van der Waals surface area contributed by atoms with Crippen molar-refractivity contribution in [1.82, 2.24) is 9.47 Å². The SMILES string of the molecule is C[C@@H](c1ccccc1)N1C(=O)C2=C(CCCC2)[C@@H]1c1cn(C)c2ccccc12. The molecule has 2 atom stereocenters. The van der Waals surface area contributed by atoms with Crippen LogP contribution in [0.5, 0.6) is 0 Å². The zero-order valence-corrected chi connectivity index (χ0v) is 16.6. The lowest BCUT2D eigenvalue weighted by Crippen LogP contribution is -2.33. The van der Waals surface area contributed by atoms with Crippen LogP contribution in [-0.4, -0.2) is 15.4 Å². The summed E-state index contributed by atoms with van der Waals surface area (Å²) < 4.78 is 2.20. The normalized spacial score (nSPS) is 20.7. The van der Waals surface area contributed by atoms with E-state index in [9.17, 15) is 4.79 Å². The van der Waals surface area contributed by atoms with Gasteiger partial charge in [0.2, 0.25) is 0 Å². The fourth-order valence-electron chi connectivity index (χ4n) is 5.14. The average Bonchev–Trinajstić information content (AvgIpc) is 3.23. The lowest BCUT2D eigenvalue weighted by molar-refractivity contribution is -0.129. The Morgan fingerprint density at radius 1 is 0.964 bits per heavy atom. The van der Waals surface area contributed by atoms with E-state index in [4.69, 9.17) is 0 Å². The number of para-hydroxylation sites is 1. The van der Waals surface area contributed by atoms with Crippen molar-refractivity contribution < 1.29 is 4.79 Å². The van der Waals surface area contributed by atoms with Gasteiger partial charge in [-0.3, -0.25) is 4.79 Å². The number of fused-ring (bicyclic) bond motifs is 1. The number of amides is 1. The Kier molecular flexibility index (Phi) is 4.12. The van der Waals surface area contributed by atoms with Crippen molar-refractivity contribution in [3.8, 4) is 0 Å². The number of aromatic nitrogens is 1. The summed E-state index contributed by atoms with van der Waals surface area (Å²) in [6.45, 7) is 2.17. The highest BCUT2D eigenvalue weighted by molar-refractivity contribution is 5.99. The van der Waals surface area contributed by atoms with Gasteiger partial charge in [0.05, 0.1) is 12.1 Å². The molecule has 3 nitrogen and oxygen atoms in total. The van der Waals surface area contributed by atoms with Gasteiger partial charge in [0.15, 0.2) is 0 Å². The molecule has 0 fully saturated rings. The van der Waals surface area contributed by atoms with E-state index in [2.05, 4.69) is 78.2 Å². The molecular formula is C25H26N2O. The Bertz CT molecular complexity index is 1080. The van der Waals surface area contributed by atoms with Crippen LogP contribution in [-0.2, 0) is 11.8 Å². The summed E-state index contributed by atoms with van der Waals surface area (Å²) in [5, 5.41) is 1.26. The van der Waals surface area contributed by atoms with Crippen LogP contribution in [0.15, 0.2) is 71.9 Å². The first kappa shape index (κ1) is 17.3. The van der Waals surface area contributed by atoms with Crippen molar-refractivity contribution >= 4 is 16.8 Å². The van der Waals surface area contributed by atoms with Gasteiger partial charge in [-0.05, 0) is 49.8 Å². The summed E-state index contributed by atoms with van der Waals surface area (Å²) in [7, 11) is 2.10. The Morgan fingerprint density at radius 3 is 2.50 bits per heavy atom. The second kappa shape index (κ2) is 6.66. The molecule has 28 heavy (non-hydrogen) atoms. The molecule has 1 aliphatic heterocycles. The van der Waals surface area contributed by atoms with E-state index in [0.717, 1.165) is 24.8 Å². The Morgan fingerprint density at radius 2 is 1.68 bits per heavy atom. The van der Waals surface area contributed by atoms with Crippen molar-refractivity contribution in [3.05, 3.63) is 83.1 Å². The lowest BCUT2D eigenvalue weighted by atomic mass is 9.87. The molecule has 0 saturated heterocycles. The van der Waals surface area contributed by atoms with Gasteiger partial charge in [-0.25, -0.2) is 0 Å². The molecule has 142 valence electrons. The van der Waals surface area contributed by atoms with Crippen LogP contribution in [0.25, 0.3) is 10.9 Å². The molecule has 0 bridgehead atoms. The topological polar surface area (TPSA) is 25.2 Å². The number of carbonyl (C=O) groups excluding carboxylic acids is 1. The van der Waals surface area contributed by atoms with Gasteiger partial charge in [0, 0.05) is 35.3 Å². The minimum Gasteiger partial charge on any atom is -0.350 e. The smallest absolute Gasteiger partial charge is 0.251 e. The molecule has 1 aromatic heterocycles. The van der Waals surface area contributed by atoms with E-state index in [1.165, 1.54) is 34.0 Å².